The van der Waals surface area contributed by atoms with Gasteiger partial charge in [0.05, 0.1) is 5.69 Å². The number of aromatic hydroxyl groups is 1. The van der Waals surface area contributed by atoms with Crippen LogP contribution in [0.2, 0.25) is 5.02 Å². The van der Waals surface area contributed by atoms with Crippen LogP contribution in [0.5, 0.6) is 5.75 Å². The van der Waals surface area contributed by atoms with Gasteiger partial charge in [-0.05, 0) is 55.5 Å². The van der Waals surface area contributed by atoms with Crippen molar-refractivity contribution < 1.29 is 14.4 Å². The lowest BCUT2D eigenvalue weighted by atomic mass is 10.1. The number of amides is 1. The normalized spacial score (nSPS) is 12.2. The largest absolute Gasteiger partial charge is 0.508 e. The van der Waals surface area contributed by atoms with Gasteiger partial charge in [0.15, 0.2) is 0 Å². The van der Waals surface area contributed by atoms with E-state index in [0.29, 0.717) is 27.9 Å². The van der Waals surface area contributed by atoms with Crippen molar-refractivity contribution in [2.75, 3.05) is 5.32 Å². The molecule has 1 unspecified atom stereocenters. The molecular weight excluding hydrogens is 354 g/mol. The number of phenols is 1. The molecule has 3 aromatic rings. The van der Waals surface area contributed by atoms with Crippen molar-refractivity contribution in [3.05, 3.63) is 71.1 Å². The van der Waals surface area contributed by atoms with E-state index in [1.54, 1.807) is 49.4 Å². The predicted octanol–water partition coefficient (Wildman–Crippen LogP) is 4.47. The quantitative estimate of drug-likeness (QED) is 0.649. The van der Waals surface area contributed by atoms with E-state index in [0.717, 1.165) is 0 Å². The highest BCUT2D eigenvalue weighted by molar-refractivity contribution is 6.30. The summed E-state index contributed by atoms with van der Waals surface area (Å²) in [6.07, 6.45) is 1.49. The Bertz CT molecular complexity index is 918. The lowest BCUT2D eigenvalue weighted by Crippen LogP contribution is -2.22. The predicted molar refractivity (Wildman–Crippen MR) is 100 cm³/mol. The summed E-state index contributed by atoms with van der Waals surface area (Å²) in [5, 5.41) is 16.7. The van der Waals surface area contributed by atoms with Crippen molar-refractivity contribution in [3.8, 4) is 5.75 Å². The zero-order chi connectivity index (χ0) is 18.5. The second kappa shape index (κ2) is 7.84. The third-order valence-electron chi connectivity index (χ3n) is 3.58. The van der Waals surface area contributed by atoms with Gasteiger partial charge >= 0.3 is 0 Å². The molecule has 2 N–H and O–H groups in total. The molecule has 26 heavy (non-hydrogen) atoms. The minimum Gasteiger partial charge on any atom is -0.508 e. The van der Waals surface area contributed by atoms with Crippen LogP contribution in [0.3, 0.4) is 0 Å². The van der Waals surface area contributed by atoms with Gasteiger partial charge in [-0.2, -0.15) is 0 Å². The summed E-state index contributed by atoms with van der Waals surface area (Å²) in [5.74, 6) is -0.296. The number of hydrogen-bond donors (Lipinski definition) is 2. The Morgan fingerprint density at radius 2 is 1.92 bits per heavy atom. The van der Waals surface area contributed by atoms with Crippen molar-refractivity contribution >= 4 is 35.1 Å². The van der Waals surface area contributed by atoms with Gasteiger partial charge in [0.2, 0.25) is 5.91 Å². The lowest BCUT2D eigenvalue weighted by molar-refractivity contribution is -0.116. The molecule has 132 valence electrons. The van der Waals surface area contributed by atoms with E-state index in [1.165, 1.54) is 18.3 Å². The summed E-state index contributed by atoms with van der Waals surface area (Å²) in [4.78, 5) is 17.0. The number of phenolic OH excluding ortho intramolecular Hbond substituents is 1. The van der Waals surface area contributed by atoms with E-state index in [-0.39, 0.29) is 11.7 Å². The third-order valence-corrected chi connectivity index (χ3v) is 3.83. The van der Waals surface area contributed by atoms with Gasteiger partial charge in [-0.1, -0.05) is 16.8 Å². The smallest absolute Gasteiger partial charge is 0.239 e. The summed E-state index contributed by atoms with van der Waals surface area (Å²) in [6, 6.07) is 14.8. The number of aliphatic imine (C=N–C) groups is 1. The van der Waals surface area contributed by atoms with Crippen LogP contribution in [-0.4, -0.2) is 22.4 Å². The number of carbonyl (C=O) groups excluding carboxylic acids is 1. The number of nitrogens with zero attached hydrogens (tertiary/aromatic N) is 2. The molecule has 6 nitrogen and oxygen atoms in total. The Kier molecular flexibility index (Phi) is 5.34. The second-order valence-corrected chi connectivity index (χ2v) is 6.07. The number of anilines is 1. The van der Waals surface area contributed by atoms with Gasteiger partial charge < -0.3 is 14.9 Å². The van der Waals surface area contributed by atoms with Crippen molar-refractivity contribution in [1.29, 1.82) is 0 Å². The van der Waals surface area contributed by atoms with E-state index >= 15 is 0 Å². The summed E-state index contributed by atoms with van der Waals surface area (Å²) in [7, 11) is 0. The molecule has 7 heteroatoms. The highest BCUT2D eigenvalue weighted by Crippen LogP contribution is 2.21. The maximum absolute atomic E-state index is 12.7. The Morgan fingerprint density at radius 1 is 1.23 bits per heavy atom. The van der Waals surface area contributed by atoms with Crippen molar-refractivity contribution in [3.63, 3.8) is 0 Å². The molecular formula is C19H16ClN3O3. The number of rotatable bonds is 5. The van der Waals surface area contributed by atoms with Crippen LogP contribution in [0.4, 0.5) is 11.4 Å². The number of carbonyl (C=O) groups is 1. The SMILES string of the molecule is Cc1cc(C(C=Nc2ccc(O)cc2)C(=O)Nc2ccc(Cl)cc2)no1. The molecule has 1 aromatic heterocycles. The number of aromatic nitrogens is 1. The fourth-order valence-corrected chi connectivity index (χ4v) is 2.39. The van der Waals surface area contributed by atoms with E-state index in [4.69, 9.17) is 16.1 Å². The number of nitrogens with one attached hydrogen (secondary N) is 1. The summed E-state index contributed by atoms with van der Waals surface area (Å²) >= 11 is 5.86. The summed E-state index contributed by atoms with van der Waals surface area (Å²) < 4.78 is 5.09. The second-order valence-electron chi connectivity index (χ2n) is 5.63. The van der Waals surface area contributed by atoms with E-state index < -0.39 is 5.92 Å². The average Bonchev–Trinajstić information content (AvgIpc) is 3.05. The molecule has 0 aliphatic heterocycles. The third kappa shape index (κ3) is 4.49. The molecule has 0 spiro atoms. The first kappa shape index (κ1) is 17.7. The lowest BCUT2D eigenvalue weighted by Gasteiger charge is -2.10. The van der Waals surface area contributed by atoms with Gasteiger partial charge in [0.1, 0.15) is 23.1 Å². The molecule has 0 fully saturated rings. The number of aryl methyl sites for hydroxylation is 1. The highest BCUT2D eigenvalue weighted by Gasteiger charge is 2.22. The topological polar surface area (TPSA) is 87.7 Å². The Labute approximate surface area is 155 Å². The Balaban J connectivity index is 1.84. The number of benzene rings is 2. The summed E-state index contributed by atoms with van der Waals surface area (Å²) in [6.45, 7) is 1.75. The van der Waals surface area contributed by atoms with Crippen molar-refractivity contribution in [2.45, 2.75) is 12.8 Å². The van der Waals surface area contributed by atoms with Gasteiger partial charge in [-0.3, -0.25) is 9.79 Å². The van der Waals surface area contributed by atoms with Crippen LogP contribution in [0, 0.1) is 6.92 Å². The molecule has 0 aliphatic carbocycles. The Morgan fingerprint density at radius 3 is 2.54 bits per heavy atom. The molecule has 1 heterocycles. The van der Waals surface area contributed by atoms with Gasteiger partial charge in [-0.15, -0.1) is 0 Å². The number of hydrogen-bond acceptors (Lipinski definition) is 5. The molecule has 2 aromatic carbocycles. The number of halogens is 1. The molecule has 1 amide bonds. The van der Waals surface area contributed by atoms with Crippen molar-refractivity contribution in [2.24, 2.45) is 4.99 Å². The maximum Gasteiger partial charge on any atom is 0.239 e. The molecule has 0 radical (unpaired) electrons. The van der Waals surface area contributed by atoms with Gasteiger partial charge in [0.25, 0.3) is 0 Å². The average molecular weight is 370 g/mol. The van der Waals surface area contributed by atoms with Gasteiger partial charge in [0, 0.05) is 23.0 Å². The fraction of sp³-hybridized carbons (Fsp3) is 0.105. The van der Waals surface area contributed by atoms with E-state index in [1.807, 2.05) is 0 Å². The summed E-state index contributed by atoms with van der Waals surface area (Å²) in [5.41, 5.74) is 1.67. The molecule has 1 atom stereocenters. The molecule has 0 bridgehead atoms. The minimum absolute atomic E-state index is 0.146. The first-order chi connectivity index (χ1) is 12.5. The zero-order valence-corrected chi connectivity index (χ0v) is 14.6. The molecule has 0 saturated carbocycles. The van der Waals surface area contributed by atoms with E-state index in [9.17, 15) is 9.90 Å². The Hall–Kier alpha value is -3.12. The molecule has 3 rings (SSSR count). The highest BCUT2D eigenvalue weighted by atomic mass is 35.5. The minimum atomic E-state index is -0.739. The van der Waals surface area contributed by atoms with Gasteiger partial charge in [-0.25, -0.2) is 0 Å². The molecule has 0 saturated heterocycles. The standard InChI is InChI=1S/C19H16ClN3O3/c1-12-10-18(23-26-12)17(11-21-14-6-8-16(24)9-7-14)19(25)22-15-4-2-13(20)3-5-15/h2-11,17,24H,1H3,(H,22,25). The maximum atomic E-state index is 12.7. The zero-order valence-electron chi connectivity index (χ0n) is 13.9. The van der Waals surface area contributed by atoms with Crippen LogP contribution in [0.1, 0.15) is 17.4 Å². The monoisotopic (exact) mass is 369 g/mol. The van der Waals surface area contributed by atoms with Crippen LogP contribution in [-0.2, 0) is 4.79 Å². The van der Waals surface area contributed by atoms with E-state index in [2.05, 4.69) is 15.5 Å². The molecule has 0 aliphatic rings. The first-order valence-corrected chi connectivity index (χ1v) is 8.22. The fourth-order valence-electron chi connectivity index (χ4n) is 2.26. The first-order valence-electron chi connectivity index (χ1n) is 7.84. The van der Waals surface area contributed by atoms with Crippen LogP contribution in [0.15, 0.2) is 64.1 Å². The van der Waals surface area contributed by atoms with Crippen molar-refractivity contribution in [1.82, 2.24) is 5.16 Å². The van der Waals surface area contributed by atoms with Crippen LogP contribution < -0.4 is 5.32 Å². The van der Waals surface area contributed by atoms with Crippen LogP contribution >= 0.6 is 11.6 Å². The van der Waals surface area contributed by atoms with Crippen LogP contribution in [0.25, 0.3) is 0 Å².